The van der Waals surface area contributed by atoms with Gasteiger partial charge in [0.15, 0.2) is 0 Å². The lowest BCUT2D eigenvalue weighted by molar-refractivity contribution is 0.196. The van der Waals surface area contributed by atoms with Crippen LogP contribution >= 0.6 is 43.5 Å². The zero-order valence-corrected chi connectivity index (χ0v) is 15.9. The van der Waals surface area contributed by atoms with Crippen molar-refractivity contribution in [3.63, 3.8) is 0 Å². The van der Waals surface area contributed by atoms with Gasteiger partial charge >= 0.3 is 0 Å². The van der Waals surface area contributed by atoms with Crippen molar-refractivity contribution < 1.29 is 13.2 Å². The highest BCUT2D eigenvalue weighted by Crippen LogP contribution is 2.28. The van der Waals surface area contributed by atoms with Crippen LogP contribution in [0.2, 0.25) is 0 Å². The summed E-state index contributed by atoms with van der Waals surface area (Å²) in [6, 6.07) is 3.34. The van der Waals surface area contributed by atoms with Gasteiger partial charge in [0.2, 0.25) is 10.0 Å². The number of rotatable bonds is 7. The summed E-state index contributed by atoms with van der Waals surface area (Å²) in [5, 5.41) is -0.212. The summed E-state index contributed by atoms with van der Waals surface area (Å²) >= 11 is 12.6. The first-order chi connectivity index (χ1) is 9.27. The third kappa shape index (κ3) is 5.27. The lowest BCUT2D eigenvalue weighted by Crippen LogP contribution is -2.27. The quantitative estimate of drug-likeness (QED) is 0.649. The zero-order valence-electron chi connectivity index (χ0n) is 11.1. The molecule has 114 valence electrons. The lowest BCUT2D eigenvalue weighted by Gasteiger charge is -2.12. The molecule has 1 atom stereocenters. The van der Waals surface area contributed by atoms with E-state index in [2.05, 4.69) is 36.6 Å². The fourth-order valence-corrected chi connectivity index (χ4v) is 4.48. The molecular formula is C12H16Br2ClNO3S. The Morgan fingerprint density at radius 3 is 2.60 bits per heavy atom. The first-order valence-corrected chi connectivity index (χ1v) is 9.37. The number of nitrogens with one attached hydrogen (secondary N) is 1. The van der Waals surface area contributed by atoms with Crippen LogP contribution in [0.3, 0.4) is 0 Å². The number of hydrogen-bond donors (Lipinski definition) is 1. The van der Waals surface area contributed by atoms with Crippen LogP contribution in [0.4, 0.5) is 0 Å². The molecule has 0 aliphatic heterocycles. The molecule has 1 unspecified atom stereocenters. The molecule has 0 spiro atoms. The summed E-state index contributed by atoms with van der Waals surface area (Å²) in [6.07, 6.45) is 0.499. The smallest absolute Gasteiger partial charge is 0.241 e. The largest absolute Gasteiger partial charge is 0.383 e. The molecule has 0 aliphatic rings. The second-order valence-electron chi connectivity index (χ2n) is 4.27. The zero-order chi connectivity index (χ0) is 15.3. The molecule has 0 saturated heterocycles. The Morgan fingerprint density at radius 2 is 2.00 bits per heavy atom. The van der Waals surface area contributed by atoms with Gasteiger partial charge < -0.3 is 4.74 Å². The summed E-state index contributed by atoms with van der Waals surface area (Å²) in [6.45, 7) is 2.54. The van der Waals surface area contributed by atoms with Crippen molar-refractivity contribution in [1.29, 1.82) is 0 Å². The lowest BCUT2D eigenvalue weighted by atomic mass is 10.2. The Labute approximate surface area is 141 Å². The summed E-state index contributed by atoms with van der Waals surface area (Å²) in [4.78, 5) is 0.202. The van der Waals surface area contributed by atoms with Gasteiger partial charge in [0.05, 0.1) is 16.9 Å². The van der Waals surface area contributed by atoms with E-state index >= 15 is 0 Å². The number of aryl methyl sites for hydroxylation is 1. The van der Waals surface area contributed by atoms with E-state index in [1.165, 1.54) is 0 Å². The van der Waals surface area contributed by atoms with Gasteiger partial charge in [0.1, 0.15) is 0 Å². The maximum absolute atomic E-state index is 12.2. The van der Waals surface area contributed by atoms with Gasteiger partial charge in [0.25, 0.3) is 0 Å². The third-order valence-corrected chi connectivity index (χ3v) is 6.22. The minimum absolute atomic E-state index is 0.202. The number of benzene rings is 1. The number of methoxy groups -OCH3 is 1. The summed E-state index contributed by atoms with van der Waals surface area (Å²) in [7, 11) is -2.01. The summed E-state index contributed by atoms with van der Waals surface area (Å²) < 4.78 is 33.1. The SMILES string of the molecule is COCC(Cl)CCNS(=O)(=O)c1cc(Br)c(C)cc1Br. The predicted molar refractivity (Wildman–Crippen MR) is 87.9 cm³/mol. The van der Waals surface area contributed by atoms with Crippen LogP contribution in [0.5, 0.6) is 0 Å². The molecule has 4 nitrogen and oxygen atoms in total. The van der Waals surface area contributed by atoms with Crippen molar-refractivity contribution in [3.8, 4) is 0 Å². The Morgan fingerprint density at radius 1 is 1.35 bits per heavy atom. The molecule has 0 heterocycles. The van der Waals surface area contributed by atoms with E-state index < -0.39 is 10.0 Å². The molecular weight excluding hydrogens is 433 g/mol. The van der Waals surface area contributed by atoms with Crippen LogP contribution in [-0.2, 0) is 14.8 Å². The van der Waals surface area contributed by atoms with E-state index in [-0.39, 0.29) is 16.8 Å². The Kier molecular flexibility index (Phi) is 7.45. The predicted octanol–water partition coefficient (Wildman–Crippen LogP) is 3.44. The van der Waals surface area contributed by atoms with Crippen molar-refractivity contribution in [1.82, 2.24) is 4.72 Å². The van der Waals surface area contributed by atoms with Crippen molar-refractivity contribution in [2.45, 2.75) is 23.6 Å². The van der Waals surface area contributed by atoms with Gasteiger partial charge in [-0.3, -0.25) is 0 Å². The van der Waals surface area contributed by atoms with Crippen molar-refractivity contribution in [2.24, 2.45) is 0 Å². The van der Waals surface area contributed by atoms with Gasteiger partial charge in [-0.2, -0.15) is 0 Å². The molecule has 20 heavy (non-hydrogen) atoms. The average Bonchev–Trinajstić information content (AvgIpc) is 2.33. The fraction of sp³-hybridized carbons (Fsp3) is 0.500. The first kappa shape index (κ1) is 18.4. The number of hydrogen-bond acceptors (Lipinski definition) is 3. The van der Waals surface area contributed by atoms with Crippen LogP contribution in [0.25, 0.3) is 0 Å². The van der Waals surface area contributed by atoms with E-state index in [0.717, 1.165) is 10.0 Å². The van der Waals surface area contributed by atoms with E-state index in [4.69, 9.17) is 16.3 Å². The second kappa shape index (κ2) is 8.10. The molecule has 1 aromatic carbocycles. The number of halogens is 3. The molecule has 0 saturated carbocycles. The molecule has 0 radical (unpaired) electrons. The van der Waals surface area contributed by atoms with Gasteiger partial charge in [-0.25, -0.2) is 13.1 Å². The second-order valence-corrected chi connectivity index (χ2v) is 8.33. The normalized spacial score (nSPS) is 13.4. The number of alkyl halides is 1. The van der Waals surface area contributed by atoms with Crippen LogP contribution in [0, 0.1) is 6.92 Å². The average molecular weight is 450 g/mol. The minimum Gasteiger partial charge on any atom is -0.383 e. The Bertz CT molecular complexity index is 566. The molecule has 1 aromatic rings. The van der Waals surface area contributed by atoms with Crippen molar-refractivity contribution >= 4 is 53.5 Å². The van der Waals surface area contributed by atoms with Gasteiger partial charge in [-0.1, -0.05) is 15.9 Å². The highest BCUT2D eigenvalue weighted by Gasteiger charge is 2.19. The highest BCUT2D eigenvalue weighted by molar-refractivity contribution is 9.11. The van der Waals surface area contributed by atoms with Crippen LogP contribution in [-0.4, -0.2) is 34.1 Å². The van der Waals surface area contributed by atoms with Crippen LogP contribution < -0.4 is 4.72 Å². The topological polar surface area (TPSA) is 55.4 Å². The molecule has 0 bridgehead atoms. The maximum Gasteiger partial charge on any atom is 0.241 e. The van der Waals surface area contributed by atoms with Gasteiger partial charge in [-0.05, 0) is 47.0 Å². The standard InChI is InChI=1S/C12H16Br2ClNO3S/c1-8-5-11(14)12(6-10(8)13)20(17,18)16-4-3-9(15)7-19-2/h5-6,9,16H,3-4,7H2,1-2H3. The molecule has 0 amide bonds. The molecule has 0 aliphatic carbocycles. The molecule has 0 aromatic heterocycles. The molecule has 1 rings (SSSR count). The summed E-state index contributed by atoms with van der Waals surface area (Å²) in [5.74, 6) is 0. The van der Waals surface area contributed by atoms with Crippen molar-refractivity contribution in [3.05, 3.63) is 26.6 Å². The molecule has 0 fully saturated rings. The first-order valence-electron chi connectivity index (χ1n) is 5.86. The monoisotopic (exact) mass is 447 g/mol. The van der Waals surface area contributed by atoms with Crippen molar-refractivity contribution in [2.75, 3.05) is 20.3 Å². The number of ether oxygens (including phenoxy) is 1. The highest BCUT2D eigenvalue weighted by atomic mass is 79.9. The van der Waals surface area contributed by atoms with E-state index in [9.17, 15) is 8.42 Å². The molecule has 8 heteroatoms. The van der Waals surface area contributed by atoms with Crippen LogP contribution in [0.1, 0.15) is 12.0 Å². The van der Waals surface area contributed by atoms with Crippen LogP contribution in [0.15, 0.2) is 26.0 Å². The van der Waals surface area contributed by atoms with E-state index in [1.807, 2.05) is 6.92 Å². The van der Waals surface area contributed by atoms with Gasteiger partial charge in [0, 0.05) is 22.6 Å². The summed E-state index contributed by atoms with van der Waals surface area (Å²) in [5.41, 5.74) is 0.955. The maximum atomic E-state index is 12.2. The Hall–Kier alpha value is 0.340. The van der Waals surface area contributed by atoms with E-state index in [1.54, 1.807) is 19.2 Å². The third-order valence-electron chi connectivity index (χ3n) is 2.60. The molecule has 1 N–H and O–H groups in total. The minimum atomic E-state index is -3.57. The Balaban J connectivity index is 2.77. The number of sulfonamides is 1. The van der Waals surface area contributed by atoms with E-state index in [0.29, 0.717) is 17.5 Å². The van der Waals surface area contributed by atoms with Gasteiger partial charge in [-0.15, -0.1) is 11.6 Å². The fourth-order valence-electron chi connectivity index (χ4n) is 1.53.